The second-order valence-electron chi connectivity index (χ2n) is 4.89. The van der Waals surface area contributed by atoms with E-state index < -0.39 is 28.1 Å². The summed E-state index contributed by atoms with van der Waals surface area (Å²) in [6.07, 6.45) is -2.48. The molecule has 1 heterocycles. The highest BCUT2D eigenvalue weighted by molar-refractivity contribution is 7.91. The molecular weight excluding hydrogens is 284 g/mol. The van der Waals surface area contributed by atoms with Crippen LogP contribution in [0.1, 0.15) is 18.6 Å². The molecule has 1 aliphatic heterocycles. The average Bonchev–Trinajstić information content (AvgIpc) is 2.62. The number of methoxy groups -OCH3 is 1. The van der Waals surface area contributed by atoms with Gasteiger partial charge in [0.25, 0.3) is 0 Å². The third kappa shape index (κ3) is 3.23. The zero-order valence-corrected chi connectivity index (χ0v) is 12.1. The van der Waals surface area contributed by atoms with E-state index in [1.165, 1.54) is 7.11 Å². The van der Waals surface area contributed by atoms with Crippen LogP contribution in [0.4, 0.5) is 0 Å². The topological polar surface area (TPSA) is 93.1 Å². The molecule has 1 aromatic carbocycles. The van der Waals surface area contributed by atoms with Gasteiger partial charge in [-0.05, 0) is 24.6 Å². The molecule has 3 atom stereocenters. The number of hydrogen-bond acceptors (Lipinski definition) is 6. The molecule has 2 rings (SSSR count). The monoisotopic (exact) mass is 302 g/mol. The van der Waals surface area contributed by atoms with Crippen LogP contribution in [0, 0.1) is 0 Å². The first kappa shape index (κ1) is 15.1. The van der Waals surface area contributed by atoms with Crippen molar-refractivity contribution in [3.05, 3.63) is 23.8 Å². The van der Waals surface area contributed by atoms with Crippen molar-refractivity contribution in [3.8, 4) is 11.5 Å². The Kier molecular flexibility index (Phi) is 4.22. The minimum Gasteiger partial charge on any atom is -0.493 e. The van der Waals surface area contributed by atoms with Gasteiger partial charge in [0.1, 0.15) is 12.2 Å². The lowest BCUT2D eigenvalue weighted by Crippen LogP contribution is -2.29. The van der Waals surface area contributed by atoms with Crippen molar-refractivity contribution in [2.75, 3.05) is 18.6 Å². The predicted molar refractivity (Wildman–Crippen MR) is 72.7 cm³/mol. The van der Waals surface area contributed by atoms with Crippen molar-refractivity contribution < 1.29 is 28.1 Å². The summed E-state index contributed by atoms with van der Waals surface area (Å²) in [7, 11) is -1.81. The van der Waals surface area contributed by atoms with E-state index >= 15 is 0 Å². The fourth-order valence-electron chi connectivity index (χ4n) is 2.11. The molecule has 1 aromatic rings. The van der Waals surface area contributed by atoms with Crippen molar-refractivity contribution in [1.29, 1.82) is 0 Å². The van der Waals surface area contributed by atoms with Crippen LogP contribution in [0.5, 0.6) is 11.5 Å². The molecule has 0 amide bonds. The van der Waals surface area contributed by atoms with Crippen LogP contribution in [-0.2, 0) is 9.84 Å². The molecule has 0 radical (unpaired) electrons. The maximum Gasteiger partial charge on any atom is 0.161 e. The van der Waals surface area contributed by atoms with Crippen LogP contribution in [0.3, 0.4) is 0 Å². The lowest BCUT2D eigenvalue weighted by molar-refractivity contribution is 0.0717. The quantitative estimate of drug-likeness (QED) is 0.830. The highest BCUT2D eigenvalue weighted by Crippen LogP contribution is 2.32. The van der Waals surface area contributed by atoms with Gasteiger partial charge in [-0.3, -0.25) is 0 Å². The first-order valence-corrected chi connectivity index (χ1v) is 8.05. The Morgan fingerprint density at radius 1 is 1.30 bits per heavy atom. The van der Waals surface area contributed by atoms with Gasteiger partial charge in [-0.15, -0.1) is 0 Å². The SMILES string of the molecule is COc1cc([C@H](C)O)ccc1OC1CS(=O)(=O)CC1O. The molecule has 1 saturated heterocycles. The largest absolute Gasteiger partial charge is 0.493 e. The van der Waals surface area contributed by atoms with Crippen LogP contribution in [0.2, 0.25) is 0 Å². The smallest absolute Gasteiger partial charge is 0.161 e. The van der Waals surface area contributed by atoms with E-state index in [9.17, 15) is 18.6 Å². The van der Waals surface area contributed by atoms with Gasteiger partial charge in [0.05, 0.1) is 24.7 Å². The van der Waals surface area contributed by atoms with Gasteiger partial charge < -0.3 is 19.7 Å². The van der Waals surface area contributed by atoms with E-state index in [0.29, 0.717) is 17.1 Å². The Balaban J connectivity index is 2.21. The second kappa shape index (κ2) is 5.59. The van der Waals surface area contributed by atoms with Gasteiger partial charge in [0.15, 0.2) is 21.3 Å². The van der Waals surface area contributed by atoms with E-state index in [0.717, 1.165) is 0 Å². The zero-order valence-electron chi connectivity index (χ0n) is 11.3. The standard InChI is InChI=1S/C13H18O6S/c1-8(14)9-3-4-11(12(5-9)18-2)19-13-7-20(16,17)6-10(13)15/h3-5,8,10,13-15H,6-7H2,1-2H3/t8-,10?,13?/m0/s1. The molecule has 7 heteroatoms. The fraction of sp³-hybridized carbons (Fsp3) is 0.538. The molecule has 0 spiro atoms. The number of benzene rings is 1. The summed E-state index contributed by atoms with van der Waals surface area (Å²) in [5, 5.41) is 19.2. The maximum atomic E-state index is 11.4. The highest BCUT2D eigenvalue weighted by atomic mass is 32.2. The van der Waals surface area contributed by atoms with Crippen LogP contribution >= 0.6 is 0 Å². The van der Waals surface area contributed by atoms with Crippen molar-refractivity contribution >= 4 is 9.84 Å². The summed E-state index contributed by atoms with van der Waals surface area (Å²) in [5.74, 6) is 0.235. The summed E-state index contributed by atoms with van der Waals surface area (Å²) < 4.78 is 33.6. The number of aliphatic hydroxyl groups excluding tert-OH is 2. The molecule has 1 aliphatic rings. The van der Waals surface area contributed by atoms with E-state index in [4.69, 9.17) is 9.47 Å². The molecule has 0 bridgehead atoms. The molecule has 2 N–H and O–H groups in total. The van der Waals surface area contributed by atoms with Crippen LogP contribution in [-0.4, -0.2) is 49.5 Å². The van der Waals surface area contributed by atoms with Gasteiger partial charge in [0, 0.05) is 0 Å². The van der Waals surface area contributed by atoms with E-state index in [2.05, 4.69) is 0 Å². The summed E-state index contributed by atoms with van der Waals surface area (Å²) in [6, 6.07) is 4.88. The first-order chi connectivity index (χ1) is 9.32. The Labute approximate surface area is 117 Å². The molecule has 0 aromatic heterocycles. The predicted octanol–water partition coefficient (Wildman–Crippen LogP) is 0.285. The lowest BCUT2D eigenvalue weighted by Gasteiger charge is -2.18. The van der Waals surface area contributed by atoms with Gasteiger partial charge in [-0.1, -0.05) is 6.07 Å². The van der Waals surface area contributed by atoms with Gasteiger partial charge >= 0.3 is 0 Å². The van der Waals surface area contributed by atoms with Crippen molar-refractivity contribution in [1.82, 2.24) is 0 Å². The summed E-state index contributed by atoms with van der Waals surface area (Å²) in [4.78, 5) is 0. The third-order valence-corrected chi connectivity index (χ3v) is 4.91. The van der Waals surface area contributed by atoms with E-state index in [1.54, 1.807) is 25.1 Å². The van der Waals surface area contributed by atoms with Crippen molar-refractivity contribution in [3.63, 3.8) is 0 Å². The fourth-order valence-corrected chi connectivity index (χ4v) is 3.78. The molecule has 1 fully saturated rings. The highest BCUT2D eigenvalue weighted by Gasteiger charge is 2.38. The molecule has 0 saturated carbocycles. The number of hydrogen-bond donors (Lipinski definition) is 2. The minimum atomic E-state index is -3.26. The van der Waals surface area contributed by atoms with Crippen LogP contribution in [0.15, 0.2) is 18.2 Å². The molecule has 0 aliphatic carbocycles. The summed E-state index contributed by atoms with van der Waals surface area (Å²) in [6.45, 7) is 1.63. The van der Waals surface area contributed by atoms with Gasteiger partial charge in [-0.25, -0.2) is 8.42 Å². The Hall–Kier alpha value is -1.31. The number of ether oxygens (including phenoxy) is 2. The normalized spacial score (nSPS) is 26.2. The Morgan fingerprint density at radius 2 is 2.00 bits per heavy atom. The number of aliphatic hydroxyl groups is 2. The van der Waals surface area contributed by atoms with Gasteiger partial charge in [-0.2, -0.15) is 0 Å². The van der Waals surface area contributed by atoms with Crippen molar-refractivity contribution in [2.24, 2.45) is 0 Å². The number of rotatable bonds is 4. The number of sulfone groups is 1. The minimum absolute atomic E-state index is 0.213. The summed E-state index contributed by atoms with van der Waals surface area (Å²) in [5.41, 5.74) is 0.661. The summed E-state index contributed by atoms with van der Waals surface area (Å²) >= 11 is 0. The molecule has 20 heavy (non-hydrogen) atoms. The van der Waals surface area contributed by atoms with E-state index in [1.807, 2.05) is 0 Å². The molecule has 2 unspecified atom stereocenters. The molecule has 6 nitrogen and oxygen atoms in total. The second-order valence-corrected chi connectivity index (χ2v) is 7.04. The lowest BCUT2D eigenvalue weighted by atomic mass is 10.1. The Morgan fingerprint density at radius 3 is 2.50 bits per heavy atom. The van der Waals surface area contributed by atoms with Crippen molar-refractivity contribution in [2.45, 2.75) is 25.2 Å². The zero-order chi connectivity index (χ0) is 14.9. The Bertz CT molecular complexity index is 581. The van der Waals surface area contributed by atoms with E-state index in [-0.39, 0.29) is 11.5 Å². The first-order valence-electron chi connectivity index (χ1n) is 6.23. The van der Waals surface area contributed by atoms with Crippen LogP contribution < -0.4 is 9.47 Å². The molecule has 112 valence electrons. The van der Waals surface area contributed by atoms with Crippen LogP contribution in [0.25, 0.3) is 0 Å². The third-order valence-electron chi connectivity index (χ3n) is 3.22. The van der Waals surface area contributed by atoms with Gasteiger partial charge in [0.2, 0.25) is 0 Å². The maximum absolute atomic E-state index is 11.4. The molecular formula is C13H18O6S. The average molecular weight is 302 g/mol.